The summed E-state index contributed by atoms with van der Waals surface area (Å²) in [7, 11) is 3.72. The van der Waals surface area contributed by atoms with E-state index >= 15 is 0 Å². The molecule has 0 aromatic carbocycles. The summed E-state index contributed by atoms with van der Waals surface area (Å²) in [5, 5.41) is 21.2. The minimum atomic E-state index is -0.153. The third-order valence-electron chi connectivity index (χ3n) is 5.44. The fraction of sp³-hybridized carbons (Fsp3) is 0.824. The molecule has 1 amide bonds. The van der Waals surface area contributed by atoms with Crippen molar-refractivity contribution in [1.29, 1.82) is 0 Å². The largest absolute Gasteiger partial charge is 0.393 e. The van der Waals surface area contributed by atoms with Gasteiger partial charge in [-0.25, -0.2) is 0 Å². The maximum absolute atomic E-state index is 11.6. The van der Waals surface area contributed by atoms with Crippen LogP contribution in [-0.2, 0) is 18.4 Å². The normalized spacial score (nSPS) is 23.7. The first-order valence-corrected chi connectivity index (χ1v) is 9.28. The number of rotatable bonds is 5. The molecule has 3 rings (SSSR count). The fourth-order valence-electron chi connectivity index (χ4n) is 3.84. The van der Waals surface area contributed by atoms with Crippen LogP contribution in [0.5, 0.6) is 0 Å². The van der Waals surface area contributed by atoms with Crippen molar-refractivity contribution in [2.75, 3.05) is 39.8 Å². The van der Waals surface area contributed by atoms with Gasteiger partial charge in [0.2, 0.25) is 5.91 Å². The van der Waals surface area contributed by atoms with E-state index in [9.17, 15) is 9.90 Å². The summed E-state index contributed by atoms with van der Waals surface area (Å²) < 4.78 is 2.12. The van der Waals surface area contributed by atoms with Gasteiger partial charge in [0, 0.05) is 39.6 Å². The highest BCUT2D eigenvalue weighted by atomic mass is 16.3. The Morgan fingerprint density at radius 1 is 1.20 bits per heavy atom. The molecule has 0 aliphatic carbocycles. The van der Waals surface area contributed by atoms with Crippen LogP contribution in [-0.4, -0.2) is 81.5 Å². The van der Waals surface area contributed by atoms with Gasteiger partial charge in [-0.2, -0.15) is 0 Å². The smallest absolute Gasteiger partial charge is 0.233 e. The molecule has 1 atom stereocenters. The first-order chi connectivity index (χ1) is 12.1. The standard InChI is InChI=1S/C17H30N6O2/c1-18-16(25)12-23-7-3-4-13(10-23)17-20-19-15(21(17)2)11-22-8-5-14(24)6-9-22/h13-14,24H,3-12H2,1-2H3,(H,18,25)/t13-/m0/s1. The summed E-state index contributed by atoms with van der Waals surface area (Å²) in [5.41, 5.74) is 0. The van der Waals surface area contributed by atoms with Gasteiger partial charge in [-0.15, -0.1) is 10.2 Å². The Balaban J connectivity index is 1.61. The van der Waals surface area contributed by atoms with E-state index in [4.69, 9.17) is 0 Å². The van der Waals surface area contributed by atoms with Crippen LogP contribution in [0, 0.1) is 0 Å². The molecule has 0 bridgehead atoms. The monoisotopic (exact) mass is 350 g/mol. The number of carbonyl (C=O) groups excluding carboxylic acids is 1. The topological polar surface area (TPSA) is 86.5 Å². The molecule has 1 aromatic heterocycles. The summed E-state index contributed by atoms with van der Waals surface area (Å²) in [5.74, 6) is 2.39. The van der Waals surface area contributed by atoms with Gasteiger partial charge in [0.1, 0.15) is 11.6 Å². The minimum absolute atomic E-state index is 0.0617. The molecule has 25 heavy (non-hydrogen) atoms. The first-order valence-electron chi connectivity index (χ1n) is 9.28. The van der Waals surface area contributed by atoms with E-state index in [1.54, 1.807) is 7.05 Å². The lowest BCUT2D eigenvalue weighted by Gasteiger charge is -2.31. The Morgan fingerprint density at radius 3 is 2.68 bits per heavy atom. The lowest BCUT2D eigenvalue weighted by Crippen LogP contribution is -2.41. The molecule has 8 heteroatoms. The Hall–Kier alpha value is -1.51. The molecule has 0 spiro atoms. The number of nitrogens with one attached hydrogen (secondary N) is 1. The Bertz CT molecular complexity index is 582. The zero-order valence-corrected chi connectivity index (χ0v) is 15.3. The molecule has 1 aromatic rings. The number of carbonyl (C=O) groups is 1. The number of aromatic nitrogens is 3. The Morgan fingerprint density at radius 2 is 1.96 bits per heavy atom. The van der Waals surface area contributed by atoms with E-state index in [1.807, 2.05) is 7.05 Å². The second-order valence-corrected chi connectivity index (χ2v) is 7.29. The zero-order chi connectivity index (χ0) is 17.8. The highest BCUT2D eigenvalue weighted by Gasteiger charge is 2.27. The average Bonchev–Trinajstić information content (AvgIpc) is 2.98. The van der Waals surface area contributed by atoms with Crippen LogP contribution in [0.15, 0.2) is 0 Å². The predicted octanol–water partition coefficient (Wildman–Crippen LogP) is -0.303. The van der Waals surface area contributed by atoms with Crippen molar-refractivity contribution < 1.29 is 9.90 Å². The van der Waals surface area contributed by atoms with Crippen molar-refractivity contribution in [2.45, 2.75) is 44.2 Å². The van der Waals surface area contributed by atoms with Crippen LogP contribution in [0.4, 0.5) is 0 Å². The van der Waals surface area contributed by atoms with Crippen LogP contribution in [0.3, 0.4) is 0 Å². The van der Waals surface area contributed by atoms with Crippen molar-refractivity contribution >= 4 is 5.91 Å². The van der Waals surface area contributed by atoms with E-state index < -0.39 is 0 Å². The second kappa shape index (κ2) is 8.25. The van der Waals surface area contributed by atoms with Crippen molar-refractivity contribution in [3.05, 3.63) is 11.6 Å². The zero-order valence-electron chi connectivity index (χ0n) is 15.3. The number of hydrogen-bond donors (Lipinski definition) is 2. The number of aliphatic hydroxyl groups excluding tert-OH is 1. The quantitative estimate of drug-likeness (QED) is 0.758. The van der Waals surface area contributed by atoms with E-state index in [2.05, 4.69) is 29.9 Å². The molecular weight excluding hydrogens is 320 g/mol. The van der Waals surface area contributed by atoms with Gasteiger partial charge in [-0.3, -0.25) is 14.6 Å². The highest BCUT2D eigenvalue weighted by molar-refractivity contribution is 5.77. The summed E-state index contributed by atoms with van der Waals surface area (Å²) in [4.78, 5) is 16.2. The van der Waals surface area contributed by atoms with Crippen LogP contribution in [0.1, 0.15) is 43.3 Å². The molecule has 2 aliphatic rings. The molecule has 140 valence electrons. The van der Waals surface area contributed by atoms with Gasteiger partial charge >= 0.3 is 0 Å². The number of likely N-dealkylation sites (N-methyl/N-ethyl adjacent to an activating group) is 1. The van der Waals surface area contributed by atoms with Crippen molar-refractivity contribution in [3.63, 3.8) is 0 Å². The summed E-state index contributed by atoms with van der Waals surface area (Å²) in [6, 6.07) is 0. The molecule has 0 radical (unpaired) electrons. The molecule has 2 fully saturated rings. The SMILES string of the molecule is CNC(=O)CN1CCC[C@H](c2nnc(CN3CCC(O)CC3)n2C)C1. The predicted molar refractivity (Wildman–Crippen MR) is 94.0 cm³/mol. The van der Waals surface area contributed by atoms with Gasteiger partial charge in [0.05, 0.1) is 19.2 Å². The highest BCUT2D eigenvalue weighted by Crippen LogP contribution is 2.26. The number of piperidine rings is 2. The third kappa shape index (κ3) is 4.56. The molecule has 8 nitrogen and oxygen atoms in total. The van der Waals surface area contributed by atoms with Crippen LogP contribution in [0.2, 0.25) is 0 Å². The average molecular weight is 350 g/mol. The van der Waals surface area contributed by atoms with Gasteiger partial charge in [0.15, 0.2) is 0 Å². The fourth-order valence-corrected chi connectivity index (χ4v) is 3.84. The first kappa shape index (κ1) is 18.3. The molecule has 2 aliphatic heterocycles. The van der Waals surface area contributed by atoms with Crippen LogP contribution < -0.4 is 5.32 Å². The van der Waals surface area contributed by atoms with E-state index in [0.717, 1.165) is 70.1 Å². The minimum Gasteiger partial charge on any atom is -0.393 e. The van der Waals surface area contributed by atoms with Crippen LogP contribution in [0.25, 0.3) is 0 Å². The molecule has 0 unspecified atom stereocenters. The summed E-state index contributed by atoms with van der Waals surface area (Å²) in [6.07, 6.45) is 3.68. The van der Waals surface area contributed by atoms with E-state index in [-0.39, 0.29) is 12.0 Å². The summed E-state index contributed by atoms with van der Waals surface area (Å²) in [6.45, 7) is 4.87. The van der Waals surface area contributed by atoms with E-state index in [0.29, 0.717) is 12.5 Å². The molecular formula is C17H30N6O2. The Labute approximate surface area is 149 Å². The van der Waals surface area contributed by atoms with Gasteiger partial charge in [0.25, 0.3) is 0 Å². The molecule has 0 saturated carbocycles. The number of aliphatic hydroxyl groups is 1. The van der Waals surface area contributed by atoms with Gasteiger partial charge in [-0.05, 0) is 32.2 Å². The number of amides is 1. The number of likely N-dealkylation sites (tertiary alicyclic amines) is 2. The lowest BCUT2D eigenvalue weighted by molar-refractivity contribution is -0.122. The van der Waals surface area contributed by atoms with Gasteiger partial charge in [-0.1, -0.05) is 0 Å². The second-order valence-electron chi connectivity index (χ2n) is 7.29. The van der Waals surface area contributed by atoms with Crippen LogP contribution >= 0.6 is 0 Å². The van der Waals surface area contributed by atoms with Crippen molar-refractivity contribution in [3.8, 4) is 0 Å². The summed E-state index contributed by atoms with van der Waals surface area (Å²) >= 11 is 0. The van der Waals surface area contributed by atoms with Crippen molar-refractivity contribution in [2.24, 2.45) is 7.05 Å². The molecule has 2 saturated heterocycles. The lowest BCUT2D eigenvalue weighted by atomic mass is 9.97. The van der Waals surface area contributed by atoms with E-state index in [1.165, 1.54) is 0 Å². The maximum Gasteiger partial charge on any atom is 0.233 e. The van der Waals surface area contributed by atoms with Gasteiger partial charge < -0.3 is 15.0 Å². The van der Waals surface area contributed by atoms with Crippen molar-refractivity contribution in [1.82, 2.24) is 29.9 Å². The third-order valence-corrected chi connectivity index (χ3v) is 5.44. The Kier molecular flexibility index (Phi) is 6.03. The number of nitrogens with zero attached hydrogens (tertiary/aromatic N) is 5. The molecule has 3 heterocycles. The maximum atomic E-state index is 11.6. The number of hydrogen-bond acceptors (Lipinski definition) is 6. The molecule has 2 N–H and O–H groups in total.